The van der Waals surface area contributed by atoms with E-state index in [2.05, 4.69) is 15.6 Å². The van der Waals surface area contributed by atoms with E-state index >= 15 is 0 Å². The molecule has 1 aliphatic carbocycles. The van der Waals surface area contributed by atoms with E-state index in [1.165, 1.54) is 0 Å². The zero-order chi connectivity index (χ0) is 25.2. The summed E-state index contributed by atoms with van der Waals surface area (Å²) in [6, 6.07) is 19.5. The number of aryl methyl sites for hydroxylation is 1. The molecule has 0 bridgehead atoms. The SMILES string of the molecule is COc1ccc(C2CC(=O)C3=C(C2)NC(C)=C(C(=O)Nc2cccnc2)C3c2ccccc2C)cc1. The van der Waals surface area contributed by atoms with Gasteiger partial charge >= 0.3 is 0 Å². The van der Waals surface area contributed by atoms with E-state index in [4.69, 9.17) is 4.74 Å². The lowest BCUT2D eigenvalue weighted by molar-refractivity contribution is -0.116. The first-order chi connectivity index (χ1) is 17.5. The molecule has 2 N–H and O–H groups in total. The lowest BCUT2D eigenvalue weighted by atomic mass is 9.71. The van der Waals surface area contributed by atoms with Gasteiger partial charge in [-0.1, -0.05) is 36.4 Å². The molecule has 2 aliphatic rings. The summed E-state index contributed by atoms with van der Waals surface area (Å²) in [6.45, 7) is 3.94. The van der Waals surface area contributed by atoms with Crippen LogP contribution in [-0.4, -0.2) is 23.8 Å². The van der Waals surface area contributed by atoms with Crippen LogP contribution < -0.4 is 15.4 Å². The topological polar surface area (TPSA) is 80.3 Å². The molecule has 182 valence electrons. The number of aromatic nitrogens is 1. The van der Waals surface area contributed by atoms with Gasteiger partial charge in [-0.05, 0) is 67.1 Å². The highest BCUT2D eigenvalue weighted by Crippen LogP contribution is 2.46. The number of pyridine rings is 1. The number of Topliss-reactive ketones (excluding diaryl/α,β-unsaturated/α-hetero) is 1. The molecule has 1 amide bonds. The summed E-state index contributed by atoms with van der Waals surface area (Å²) in [5.74, 6) is 0.239. The third kappa shape index (κ3) is 4.42. The summed E-state index contributed by atoms with van der Waals surface area (Å²) in [5, 5.41) is 6.42. The Balaban J connectivity index is 1.55. The van der Waals surface area contributed by atoms with Crippen LogP contribution in [0.2, 0.25) is 0 Å². The van der Waals surface area contributed by atoms with E-state index in [0.29, 0.717) is 29.7 Å². The number of amides is 1. The first-order valence-corrected chi connectivity index (χ1v) is 12.1. The van der Waals surface area contributed by atoms with Gasteiger partial charge in [0.25, 0.3) is 5.91 Å². The molecule has 36 heavy (non-hydrogen) atoms. The number of rotatable bonds is 5. The van der Waals surface area contributed by atoms with Gasteiger partial charge in [-0.15, -0.1) is 0 Å². The van der Waals surface area contributed by atoms with Crippen molar-refractivity contribution in [2.24, 2.45) is 0 Å². The predicted molar refractivity (Wildman–Crippen MR) is 140 cm³/mol. The number of methoxy groups -OCH3 is 1. The average molecular weight is 480 g/mol. The van der Waals surface area contributed by atoms with E-state index in [9.17, 15) is 9.59 Å². The third-order valence-electron chi connectivity index (χ3n) is 7.08. The molecule has 6 heteroatoms. The zero-order valence-corrected chi connectivity index (χ0v) is 20.7. The Morgan fingerprint density at radius 3 is 2.50 bits per heavy atom. The Hall–Kier alpha value is -4.19. The minimum Gasteiger partial charge on any atom is -0.497 e. The van der Waals surface area contributed by atoms with Crippen molar-refractivity contribution in [2.75, 3.05) is 12.4 Å². The number of allylic oxidation sites excluding steroid dienone is 3. The van der Waals surface area contributed by atoms with Gasteiger partial charge in [-0.25, -0.2) is 0 Å². The average Bonchev–Trinajstić information content (AvgIpc) is 2.88. The molecular formula is C30H29N3O3. The summed E-state index contributed by atoms with van der Waals surface area (Å²) in [5.41, 5.74) is 6.63. The normalized spacial score (nSPS) is 19.5. The van der Waals surface area contributed by atoms with Gasteiger partial charge in [0, 0.05) is 41.1 Å². The van der Waals surface area contributed by atoms with Crippen LogP contribution in [0.15, 0.2) is 95.6 Å². The number of hydrogen-bond acceptors (Lipinski definition) is 5. The van der Waals surface area contributed by atoms with Crippen molar-refractivity contribution in [1.29, 1.82) is 0 Å². The van der Waals surface area contributed by atoms with Crippen LogP contribution in [0.25, 0.3) is 0 Å². The molecule has 1 aromatic heterocycles. The smallest absolute Gasteiger partial charge is 0.254 e. The van der Waals surface area contributed by atoms with Crippen molar-refractivity contribution in [2.45, 2.75) is 38.5 Å². The number of carbonyl (C=O) groups excluding carboxylic acids is 2. The second-order valence-electron chi connectivity index (χ2n) is 9.34. The molecule has 2 heterocycles. The number of hydrogen-bond donors (Lipinski definition) is 2. The fourth-order valence-corrected chi connectivity index (χ4v) is 5.31. The molecule has 0 saturated carbocycles. The van der Waals surface area contributed by atoms with Gasteiger partial charge in [-0.2, -0.15) is 0 Å². The van der Waals surface area contributed by atoms with Gasteiger partial charge < -0.3 is 15.4 Å². The Bertz CT molecular complexity index is 1370. The van der Waals surface area contributed by atoms with Crippen LogP contribution in [0.3, 0.4) is 0 Å². The van der Waals surface area contributed by atoms with E-state index in [-0.39, 0.29) is 17.6 Å². The second-order valence-corrected chi connectivity index (χ2v) is 9.34. The largest absolute Gasteiger partial charge is 0.497 e. The molecule has 0 spiro atoms. The van der Waals surface area contributed by atoms with Gasteiger partial charge in [0.15, 0.2) is 5.78 Å². The number of nitrogens with one attached hydrogen (secondary N) is 2. The highest BCUT2D eigenvalue weighted by atomic mass is 16.5. The molecule has 2 unspecified atom stereocenters. The summed E-state index contributed by atoms with van der Waals surface area (Å²) in [4.78, 5) is 31.5. The lowest BCUT2D eigenvalue weighted by Crippen LogP contribution is -2.37. The minimum atomic E-state index is -0.441. The van der Waals surface area contributed by atoms with Crippen molar-refractivity contribution in [3.8, 4) is 5.75 Å². The Kier molecular flexibility index (Phi) is 6.42. The van der Waals surface area contributed by atoms with Gasteiger partial charge in [0.05, 0.1) is 19.0 Å². The molecule has 6 nitrogen and oxygen atoms in total. The molecule has 1 aliphatic heterocycles. The molecule has 5 rings (SSSR count). The standard InChI is InChI=1S/C30H29N3O3/c1-18-7-4-5-9-24(18)28-27(30(35)33-22-8-6-14-31-17-22)19(2)32-25-15-21(16-26(34)29(25)28)20-10-12-23(36-3)13-11-20/h4-14,17,21,28,32H,15-16H2,1-3H3,(H,33,35). The van der Waals surface area contributed by atoms with Crippen LogP contribution in [0, 0.1) is 6.92 Å². The second kappa shape index (κ2) is 9.82. The van der Waals surface area contributed by atoms with Gasteiger partial charge in [0.2, 0.25) is 0 Å². The highest BCUT2D eigenvalue weighted by molar-refractivity contribution is 6.10. The molecule has 2 aromatic carbocycles. The van der Waals surface area contributed by atoms with Crippen LogP contribution in [0.4, 0.5) is 5.69 Å². The maximum atomic E-state index is 13.8. The summed E-state index contributed by atoms with van der Waals surface area (Å²) < 4.78 is 5.29. The number of benzene rings is 2. The third-order valence-corrected chi connectivity index (χ3v) is 7.08. The zero-order valence-electron chi connectivity index (χ0n) is 20.7. The molecule has 2 atom stereocenters. The first kappa shape index (κ1) is 23.5. The van der Waals surface area contributed by atoms with Crippen molar-refractivity contribution < 1.29 is 14.3 Å². The van der Waals surface area contributed by atoms with Crippen molar-refractivity contribution in [3.05, 3.63) is 112 Å². The predicted octanol–water partition coefficient (Wildman–Crippen LogP) is 5.40. The first-order valence-electron chi connectivity index (χ1n) is 12.1. The van der Waals surface area contributed by atoms with Crippen molar-refractivity contribution >= 4 is 17.4 Å². The van der Waals surface area contributed by atoms with Crippen LogP contribution in [-0.2, 0) is 9.59 Å². The highest BCUT2D eigenvalue weighted by Gasteiger charge is 2.41. The quantitative estimate of drug-likeness (QED) is 0.512. The maximum absolute atomic E-state index is 13.8. The van der Waals surface area contributed by atoms with Crippen LogP contribution >= 0.6 is 0 Å². The number of anilines is 1. The van der Waals surface area contributed by atoms with Crippen molar-refractivity contribution in [1.82, 2.24) is 10.3 Å². The van der Waals surface area contributed by atoms with E-state index in [1.807, 2.05) is 62.4 Å². The Labute approximate surface area is 211 Å². The molecule has 0 saturated heterocycles. The fourth-order valence-electron chi connectivity index (χ4n) is 5.31. The minimum absolute atomic E-state index is 0.0609. The number of ether oxygens (including phenoxy) is 1. The van der Waals surface area contributed by atoms with Gasteiger partial charge in [0.1, 0.15) is 5.75 Å². The summed E-state index contributed by atoms with van der Waals surface area (Å²) >= 11 is 0. The van der Waals surface area contributed by atoms with Gasteiger partial charge in [-0.3, -0.25) is 14.6 Å². The molecule has 0 radical (unpaired) electrons. The number of dihydropyridines is 1. The Morgan fingerprint density at radius 2 is 1.81 bits per heavy atom. The Morgan fingerprint density at radius 1 is 1.03 bits per heavy atom. The summed E-state index contributed by atoms with van der Waals surface area (Å²) in [7, 11) is 1.64. The van der Waals surface area contributed by atoms with E-state index in [1.54, 1.807) is 31.6 Å². The van der Waals surface area contributed by atoms with Crippen LogP contribution in [0.5, 0.6) is 5.75 Å². The summed E-state index contributed by atoms with van der Waals surface area (Å²) in [6.07, 6.45) is 4.37. The molecule has 0 fully saturated rings. The van der Waals surface area contributed by atoms with E-state index < -0.39 is 5.92 Å². The van der Waals surface area contributed by atoms with Crippen LogP contribution in [0.1, 0.15) is 48.3 Å². The molecular weight excluding hydrogens is 450 g/mol. The number of ketones is 1. The maximum Gasteiger partial charge on any atom is 0.254 e. The monoisotopic (exact) mass is 479 g/mol. The number of nitrogens with zero attached hydrogens (tertiary/aromatic N) is 1. The number of carbonyl (C=O) groups is 2. The van der Waals surface area contributed by atoms with Crippen molar-refractivity contribution in [3.63, 3.8) is 0 Å². The lowest BCUT2D eigenvalue weighted by Gasteiger charge is -2.37. The van der Waals surface area contributed by atoms with E-state index in [0.717, 1.165) is 33.8 Å². The molecule has 3 aromatic rings. The fraction of sp³-hybridized carbons (Fsp3) is 0.233.